The highest BCUT2D eigenvalue weighted by Crippen LogP contribution is 2.46. The minimum atomic E-state index is -0.818. The molecule has 0 radical (unpaired) electrons. The Morgan fingerprint density at radius 1 is 0.519 bits per heavy atom. The first-order valence-electron chi connectivity index (χ1n) is 17.3. The van der Waals surface area contributed by atoms with Gasteiger partial charge in [-0.25, -0.2) is 0 Å². The summed E-state index contributed by atoms with van der Waals surface area (Å²) in [7, 11) is 5.48. The molecule has 2 heterocycles. The van der Waals surface area contributed by atoms with E-state index in [-0.39, 0.29) is 60.7 Å². The quantitative estimate of drug-likeness (QED) is 0.116. The van der Waals surface area contributed by atoms with Crippen molar-refractivity contribution in [1.29, 1.82) is 0 Å². The summed E-state index contributed by atoms with van der Waals surface area (Å²) in [6.45, 7) is 8.18. The highest BCUT2D eigenvalue weighted by molar-refractivity contribution is 8.76. The molecule has 2 aliphatic rings. The fourth-order valence-electron chi connectivity index (χ4n) is 6.87. The molecule has 6 rings (SSSR count). The number of carbonyl (C=O) groups is 2. The number of nitrogens with zero attached hydrogens (tertiary/aromatic N) is 2. The Hall–Kier alpha value is -3.66. The van der Waals surface area contributed by atoms with Gasteiger partial charge >= 0.3 is 11.9 Å². The Kier molecular flexibility index (Phi) is 12.6. The number of phenols is 4. The van der Waals surface area contributed by atoms with Crippen LogP contribution in [0.15, 0.2) is 68.1 Å². The summed E-state index contributed by atoms with van der Waals surface area (Å²) < 4.78 is 10.7. The van der Waals surface area contributed by atoms with Crippen LogP contribution in [0, 0.1) is 27.7 Å². The van der Waals surface area contributed by atoms with E-state index in [0.717, 1.165) is 22.3 Å². The first-order chi connectivity index (χ1) is 25.8. The summed E-state index contributed by atoms with van der Waals surface area (Å²) in [5.41, 5.74) is 5.74. The van der Waals surface area contributed by atoms with Gasteiger partial charge in [0.05, 0.1) is 33.8 Å². The maximum Gasteiger partial charge on any atom is 0.323 e. The van der Waals surface area contributed by atoms with Crippen molar-refractivity contribution in [2.75, 3.05) is 25.7 Å². The Bertz CT molecular complexity index is 1830. The molecule has 54 heavy (non-hydrogen) atoms. The fraction of sp³-hybridized carbons (Fsp3) is 0.350. The normalized spacial score (nSPS) is 20.5. The van der Waals surface area contributed by atoms with Crippen LogP contribution in [-0.2, 0) is 45.2 Å². The first kappa shape index (κ1) is 40.0. The van der Waals surface area contributed by atoms with E-state index in [2.05, 4.69) is 0 Å². The lowest BCUT2D eigenvalue weighted by Crippen LogP contribution is -2.43. The van der Waals surface area contributed by atoms with E-state index in [9.17, 15) is 30.0 Å². The van der Waals surface area contributed by atoms with Crippen molar-refractivity contribution in [2.45, 2.75) is 85.5 Å². The molecule has 2 aliphatic heterocycles. The third-order valence-corrected chi connectivity index (χ3v) is 14.0. The summed E-state index contributed by atoms with van der Waals surface area (Å²) in [4.78, 5) is 33.2. The van der Waals surface area contributed by atoms with Crippen molar-refractivity contribution >= 4 is 57.1 Å². The minimum absolute atomic E-state index is 0.0174. The monoisotopic (exact) mass is 808 g/mol. The zero-order chi connectivity index (χ0) is 38.8. The predicted octanol–water partition coefficient (Wildman–Crippen LogP) is 7.84. The second-order valence-corrected chi connectivity index (χ2v) is 18.5. The van der Waals surface area contributed by atoms with Crippen LogP contribution in [0.2, 0.25) is 0 Å². The summed E-state index contributed by atoms with van der Waals surface area (Å²) in [5, 5.41) is 47.4. The lowest BCUT2D eigenvalue weighted by Gasteiger charge is -2.31. The molecule has 14 heteroatoms. The van der Waals surface area contributed by atoms with E-state index in [1.807, 2.05) is 86.0 Å². The topological polar surface area (TPSA) is 140 Å². The molecule has 4 aromatic carbocycles. The standard InChI is InChI=1S/C40H44N2O8S4/c1-21-7-25-15-41-16-26-9-23(3)13-33(37(26)45)54-34-14-24(4)10-28(38(34)46)18-42(30(40(48)50-6)20-52-51-19-29(41)39(47)49-5)17-27-8-22(2)12-32(36(27)44)53-31(11-21)35(25)43/h7-14,29-30,43-46H,15-20H2,1-6H3. The van der Waals surface area contributed by atoms with Gasteiger partial charge in [-0.2, -0.15) is 0 Å². The third kappa shape index (κ3) is 8.74. The van der Waals surface area contributed by atoms with E-state index in [4.69, 9.17) is 9.47 Å². The van der Waals surface area contributed by atoms with Crippen LogP contribution >= 0.6 is 45.1 Å². The number of fused-ring (bicyclic) bond motifs is 15. The highest BCUT2D eigenvalue weighted by atomic mass is 33.1. The van der Waals surface area contributed by atoms with Gasteiger partial charge in [0.15, 0.2) is 0 Å². The summed E-state index contributed by atoms with van der Waals surface area (Å²) >= 11 is 2.46. The number of hydrogen-bond acceptors (Lipinski definition) is 14. The van der Waals surface area contributed by atoms with Crippen LogP contribution in [0.4, 0.5) is 0 Å². The lowest BCUT2D eigenvalue weighted by atomic mass is 10.1. The molecular weight excluding hydrogens is 765 g/mol. The van der Waals surface area contributed by atoms with Gasteiger partial charge in [0.25, 0.3) is 0 Å². The highest BCUT2D eigenvalue weighted by Gasteiger charge is 2.33. The third-order valence-electron chi connectivity index (χ3n) is 9.49. The molecule has 0 aromatic heterocycles. The Balaban J connectivity index is 1.65. The van der Waals surface area contributed by atoms with Crippen molar-refractivity contribution < 1.29 is 39.5 Å². The molecule has 0 saturated carbocycles. The number of rotatable bonds is 2. The minimum Gasteiger partial charge on any atom is -0.506 e. The molecule has 2 atom stereocenters. The van der Waals surface area contributed by atoms with Crippen LogP contribution in [-0.4, -0.2) is 80.0 Å². The molecule has 0 fully saturated rings. The lowest BCUT2D eigenvalue weighted by molar-refractivity contribution is -0.147. The molecule has 0 amide bonds. The number of carbonyl (C=O) groups excluding carboxylic acids is 2. The van der Waals surface area contributed by atoms with Crippen LogP contribution < -0.4 is 0 Å². The van der Waals surface area contributed by atoms with Crippen LogP contribution in [0.5, 0.6) is 23.0 Å². The average Bonchev–Trinajstić information content (AvgIpc) is 3.12. The molecule has 4 N–H and O–H groups in total. The van der Waals surface area contributed by atoms with Crippen molar-refractivity contribution in [1.82, 2.24) is 9.80 Å². The molecular formula is C40H44N2O8S4. The van der Waals surface area contributed by atoms with Crippen LogP contribution in [0.3, 0.4) is 0 Å². The number of esters is 2. The van der Waals surface area contributed by atoms with Gasteiger partial charge in [-0.1, -0.05) is 69.4 Å². The predicted molar refractivity (Wildman–Crippen MR) is 215 cm³/mol. The molecule has 0 aliphatic carbocycles. The van der Waals surface area contributed by atoms with Crippen LogP contribution in [0.1, 0.15) is 44.5 Å². The SMILES string of the molecule is COC(=O)C1CSSCC(C(=O)OC)N2Cc3cc(C)cc(c3O)Sc3cc(C)cc(c3O)CN1Cc1cc(C)cc(c1O)Sc1cc(C)cc(c1O)C2. The van der Waals surface area contributed by atoms with Gasteiger partial charge in [0, 0.05) is 59.9 Å². The molecule has 0 saturated heterocycles. The Morgan fingerprint density at radius 3 is 1.02 bits per heavy atom. The van der Waals surface area contributed by atoms with Gasteiger partial charge in [0.2, 0.25) is 0 Å². The summed E-state index contributed by atoms with van der Waals surface area (Å²) in [6.07, 6.45) is 0. The van der Waals surface area contributed by atoms with E-state index in [1.165, 1.54) is 59.3 Å². The van der Waals surface area contributed by atoms with E-state index in [1.54, 1.807) is 0 Å². The Morgan fingerprint density at radius 2 is 0.778 bits per heavy atom. The van der Waals surface area contributed by atoms with E-state index >= 15 is 0 Å². The largest absolute Gasteiger partial charge is 0.506 e. The molecule has 4 aromatic rings. The number of aromatic hydroxyl groups is 4. The molecule has 10 bridgehead atoms. The zero-order valence-electron chi connectivity index (χ0n) is 31.0. The van der Waals surface area contributed by atoms with Crippen molar-refractivity contribution in [3.63, 3.8) is 0 Å². The molecule has 2 unspecified atom stereocenters. The van der Waals surface area contributed by atoms with Gasteiger partial charge < -0.3 is 29.9 Å². The second-order valence-electron chi connectivity index (χ2n) is 13.7. The van der Waals surface area contributed by atoms with E-state index in [0.29, 0.717) is 41.8 Å². The average molecular weight is 809 g/mol. The second kappa shape index (κ2) is 17.0. The van der Waals surface area contributed by atoms with Crippen molar-refractivity contribution in [3.05, 3.63) is 93.0 Å². The molecule has 10 nitrogen and oxygen atoms in total. The first-order valence-corrected chi connectivity index (χ1v) is 21.4. The number of phenolic OH excluding ortho intramolecular Hbond substituents is 4. The van der Waals surface area contributed by atoms with Crippen molar-refractivity contribution in [2.24, 2.45) is 0 Å². The number of hydrogen-bond donors (Lipinski definition) is 4. The number of aryl methyl sites for hydroxylation is 4. The number of methoxy groups -OCH3 is 2. The fourth-order valence-corrected chi connectivity index (χ4v) is 11.7. The van der Waals surface area contributed by atoms with Gasteiger partial charge in [-0.05, 0) is 74.2 Å². The van der Waals surface area contributed by atoms with E-state index < -0.39 is 24.0 Å². The maximum absolute atomic E-state index is 13.7. The molecule has 0 spiro atoms. The number of ether oxygens (including phenoxy) is 2. The zero-order valence-corrected chi connectivity index (χ0v) is 34.2. The van der Waals surface area contributed by atoms with Gasteiger partial charge in [-0.3, -0.25) is 19.4 Å². The Labute approximate surface area is 332 Å². The maximum atomic E-state index is 13.7. The molecule has 286 valence electrons. The van der Waals surface area contributed by atoms with Gasteiger partial charge in [-0.15, -0.1) is 0 Å². The number of benzene rings is 4. The van der Waals surface area contributed by atoms with Crippen LogP contribution in [0.25, 0.3) is 0 Å². The summed E-state index contributed by atoms with van der Waals surface area (Å²) in [6, 6.07) is 13.3. The van der Waals surface area contributed by atoms with Crippen molar-refractivity contribution in [3.8, 4) is 23.0 Å². The summed E-state index contributed by atoms with van der Waals surface area (Å²) in [5.74, 6) is -0.382. The smallest absolute Gasteiger partial charge is 0.323 e. The van der Waals surface area contributed by atoms with Gasteiger partial charge in [0.1, 0.15) is 35.1 Å².